The number of hydrogen-bond donors (Lipinski definition) is 2. The SMILES string of the molecule is CCCNC(=NC)NCc1cc2ccccc2o1.I. The van der Waals surface area contributed by atoms with Gasteiger partial charge in [0.25, 0.3) is 0 Å². The van der Waals surface area contributed by atoms with E-state index in [0.29, 0.717) is 6.54 Å². The van der Waals surface area contributed by atoms with E-state index in [1.54, 1.807) is 7.05 Å². The molecular formula is C14H20IN3O. The van der Waals surface area contributed by atoms with Gasteiger partial charge in [-0.3, -0.25) is 4.99 Å². The van der Waals surface area contributed by atoms with Crippen LogP contribution in [0.2, 0.25) is 0 Å². The van der Waals surface area contributed by atoms with Crippen molar-refractivity contribution in [3.63, 3.8) is 0 Å². The molecule has 1 aromatic heterocycles. The second kappa shape index (κ2) is 8.04. The molecule has 0 radical (unpaired) electrons. The summed E-state index contributed by atoms with van der Waals surface area (Å²) in [5.74, 6) is 1.72. The van der Waals surface area contributed by atoms with Crippen molar-refractivity contribution in [2.24, 2.45) is 4.99 Å². The van der Waals surface area contributed by atoms with Crippen molar-refractivity contribution < 1.29 is 4.42 Å². The molecule has 2 aromatic rings. The molecule has 0 bridgehead atoms. The van der Waals surface area contributed by atoms with Crippen molar-refractivity contribution >= 4 is 40.9 Å². The maximum atomic E-state index is 5.72. The van der Waals surface area contributed by atoms with Gasteiger partial charge >= 0.3 is 0 Å². The fourth-order valence-electron chi connectivity index (χ4n) is 1.76. The Bertz CT molecular complexity index is 503. The molecule has 0 fully saturated rings. The lowest BCUT2D eigenvalue weighted by molar-refractivity contribution is 0.538. The topological polar surface area (TPSA) is 49.6 Å². The van der Waals surface area contributed by atoms with Crippen LogP contribution in [0.25, 0.3) is 11.0 Å². The van der Waals surface area contributed by atoms with Crippen LogP contribution in [0.3, 0.4) is 0 Å². The number of furan rings is 1. The molecule has 0 aliphatic heterocycles. The van der Waals surface area contributed by atoms with Crippen molar-refractivity contribution in [2.75, 3.05) is 13.6 Å². The largest absolute Gasteiger partial charge is 0.459 e. The molecule has 0 aliphatic rings. The van der Waals surface area contributed by atoms with Crippen molar-refractivity contribution in [3.8, 4) is 0 Å². The summed E-state index contributed by atoms with van der Waals surface area (Å²) in [5, 5.41) is 7.58. The molecule has 19 heavy (non-hydrogen) atoms. The normalized spacial score (nSPS) is 11.2. The predicted octanol–water partition coefficient (Wildman–Crippen LogP) is 3.13. The Morgan fingerprint density at radius 1 is 1.26 bits per heavy atom. The summed E-state index contributed by atoms with van der Waals surface area (Å²) < 4.78 is 5.72. The number of nitrogens with one attached hydrogen (secondary N) is 2. The smallest absolute Gasteiger partial charge is 0.191 e. The zero-order valence-corrected chi connectivity index (χ0v) is 13.6. The van der Waals surface area contributed by atoms with Crippen LogP contribution in [0.4, 0.5) is 0 Å². The Labute approximate surface area is 130 Å². The van der Waals surface area contributed by atoms with Crippen LogP contribution in [-0.4, -0.2) is 19.6 Å². The summed E-state index contributed by atoms with van der Waals surface area (Å²) in [7, 11) is 1.77. The number of guanidine groups is 1. The Morgan fingerprint density at radius 2 is 2.05 bits per heavy atom. The van der Waals surface area contributed by atoms with Gasteiger partial charge in [-0.15, -0.1) is 24.0 Å². The Morgan fingerprint density at radius 3 is 2.74 bits per heavy atom. The number of aliphatic imine (C=N–C) groups is 1. The Balaban J connectivity index is 0.00000180. The first-order valence-corrected chi connectivity index (χ1v) is 6.25. The molecule has 0 amide bonds. The third-order valence-electron chi connectivity index (χ3n) is 2.67. The van der Waals surface area contributed by atoms with Gasteiger partial charge in [-0.05, 0) is 18.6 Å². The zero-order chi connectivity index (χ0) is 12.8. The number of nitrogens with zero attached hydrogens (tertiary/aromatic N) is 1. The molecule has 1 aromatic carbocycles. The highest BCUT2D eigenvalue weighted by atomic mass is 127. The molecule has 4 nitrogen and oxygen atoms in total. The average molecular weight is 373 g/mol. The molecule has 2 N–H and O–H groups in total. The summed E-state index contributed by atoms with van der Waals surface area (Å²) in [5.41, 5.74) is 0.922. The summed E-state index contributed by atoms with van der Waals surface area (Å²) >= 11 is 0. The first-order chi connectivity index (χ1) is 8.83. The highest BCUT2D eigenvalue weighted by Crippen LogP contribution is 2.18. The summed E-state index contributed by atoms with van der Waals surface area (Å²) in [6, 6.07) is 10.1. The van der Waals surface area contributed by atoms with Gasteiger partial charge in [0.1, 0.15) is 11.3 Å². The first-order valence-electron chi connectivity index (χ1n) is 6.25. The molecule has 0 spiro atoms. The number of rotatable bonds is 4. The van der Waals surface area contributed by atoms with Crippen LogP contribution in [0, 0.1) is 0 Å². The van der Waals surface area contributed by atoms with E-state index in [1.807, 2.05) is 24.3 Å². The van der Waals surface area contributed by atoms with Crippen LogP contribution >= 0.6 is 24.0 Å². The highest BCUT2D eigenvalue weighted by molar-refractivity contribution is 14.0. The van der Waals surface area contributed by atoms with Gasteiger partial charge in [0, 0.05) is 19.0 Å². The van der Waals surface area contributed by atoms with E-state index >= 15 is 0 Å². The monoisotopic (exact) mass is 373 g/mol. The third-order valence-corrected chi connectivity index (χ3v) is 2.67. The number of para-hydroxylation sites is 1. The first kappa shape index (κ1) is 15.8. The number of benzene rings is 1. The van der Waals surface area contributed by atoms with E-state index in [0.717, 1.165) is 35.7 Å². The molecule has 5 heteroatoms. The minimum atomic E-state index is 0. The quantitative estimate of drug-likeness (QED) is 0.492. The summed E-state index contributed by atoms with van der Waals surface area (Å²) in [4.78, 5) is 4.15. The fourth-order valence-corrected chi connectivity index (χ4v) is 1.76. The molecule has 0 unspecified atom stereocenters. The van der Waals surface area contributed by atoms with E-state index in [1.165, 1.54) is 0 Å². The van der Waals surface area contributed by atoms with Crippen molar-refractivity contribution in [2.45, 2.75) is 19.9 Å². The van der Waals surface area contributed by atoms with Crippen LogP contribution < -0.4 is 10.6 Å². The lowest BCUT2D eigenvalue weighted by Crippen LogP contribution is -2.37. The average Bonchev–Trinajstić information content (AvgIpc) is 2.81. The summed E-state index contributed by atoms with van der Waals surface area (Å²) in [6.45, 7) is 3.68. The lowest BCUT2D eigenvalue weighted by Gasteiger charge is -2.09. The van der Waals surface area contributed by atoms with Gasteiger partial charge in [-0.1, -0.05) is 25.1 Å². The second-order valence-corrected chi connectivity index (χ2v) is 4.10. The maximum Gasteiger partial charge on any atom is 0.191 e. The maximum absolute atomic E-state index is 5.72. The zero-order valence-electron chi connectivity index (χ0n) is 11.3. The predicted molar refractivity (Wildman–Crippen MR) is 90.1 cm³/mol. The molecule has 0 atom stereocenters. The van der Waals surface area contributed by atoms with Crippen LogP contribution in [0.5, 0.6) is 0 Å². The molecular weight excluding hydrogens is 353 g/mol. The van der Waals surface area contributed by atoms with E-state index in [-0.39, 0.29) is 24.0 Å². The molecule has 2 rings (SSSR count). The lowest BCUT2D eigenvalue weighted by atomic mass is 10.2. The van der Waals surface area contributed by atoms with Gasteiger partial charge in [0.2, 0.25) is 0 Å². The van der Waals surface area contributed by atoms with Crippen molar-refractivity contribution in [1.29, 1.82) is 0 Å². The number of fused-ring (bicyclic) bond motifs is 1. The van der Waals surface area contributed by atoms with E-state index < -0.39 is 0 Å². The van der Waals surface area contributed by atoms with Gasteiger partial charge in [0.05, 0.1) is 6.54 Å². The molecule has 0 saturated heterocycles. The number of halogens is 1. The Kier molecular flexibility index (Phi) is 6.69. The van der Waals surface area contributed by atoms with Crippen molar-refractivity contribution in [1.82, 2.24) is 10.6 Å². The van der Waals surface area contributed by atoms with Crippen LogP contribution in [0.1, 0.15) is 19.1 Å². The third kappa shape index (κ3) is 4.41. The fraction of sp³-hybridized carbons (Fsp3) is 0.357. The van der Waals surface area contributed by atoms with Crippen LogP contribution in [0.15, 0.2) is 39.7 Å². The summed E-state index contributed by atoms with van der Waals surface area (Å²) in [6.07, 6.45) is 1.07. The van der Waals surface area contributed by atoms with E-state index in [4.69, 9.17) is 4.42 Å². The van der Waals surface area contributed by atoms with Crippen LogP contribution in [-0.2, 0) is 6.54 Å². The van der Waals surface area contributed by atoms with Gasteiger partial charge in [-0.25, -0.2) is 0 Å². The Hall–Kier alpha value is -1.24. The molecule has 0 aliphatic carbocycles. The van der Waals surface area contributed by atoms with Gasteiger partial charge in [-0.2, -0.15) is 0 Å². The molecule has 0 saturated carbocycles. The second-order valence-electron chi connectivity index (χ2n) is 4.10. The minimum Gasteiger partial charge on any atom is -0.459 e. The minimum absolute atomic E-state index is 0. The van der Waals surface area contributed by atoms with Gasteiger partial charge in [0.15, 0.2) is 5.96 Å². The van der Waals surface area contributed by atoms with Gasteiger partial charge < -0.3 is 15.1 Å². The van der Waals surface area contributed by atoms with E-state index in [9.17, 15) is 0 Å². The van der Waals surface area contributed by atoms with Crippen molar-refractivity contribution in [3.05, 3.63) is 36.1 Å². The molecule has 1 heterocycles. The standard InChI is InChI=1S/C14H19N3O.HI/c1-3-8-16-14(15-2)17-10-12-9-11-6-4-5-7-13(11)18-12;/h4-7,9H,3,8,10H2,1-2H3,(H2,15,16,17);1H. The number of hydrogen-bond acceptors (Lipinski definition) is 2. The highest BCUT2D eigenvalue weighted by Gasteiger charge is 2.03. The van der Waals surface area contributed by atoms with E-state index in [2.05, 4.69) is 28.6 Å². The molecule has 104 valence electrons.